The molecule has 1 aliphatic rings. The van der Waals surface area contributed by atoms with Crippen LogP contribution in [-0.4, -0.2) is 33.3 Å². The summed E-state index contributed by atoms with van der Waals surface area (Å²) in [5.74, 6) is -0.306. The zero-order chi connectivity index (χ0) is 21.5. The van der Waals surface area contributed by atoms with Gasteiger partial charge in [0.05, 0.1) is 23.3 Å². The van der Waals surface area contributed by atoms with Gasteiger partial charge in [0.1, 0.15) is 11.6 Å². The normalized spacial score (nSPS) is 16.8. The van der Waals surface area contributed by atoms with Gasteiger partial charge >= 0.3 is 6.03 Å². The third-order valence-corrected chi connectivity index (χ3v) is 4.98. The van der Waals surface area contributed by atoms with Crippen molar-refractivity contribution in [3.8, 4) is 0 Å². The number of anilines is 2. The van der Waals surface area contributed by atoms with E-state index in [9.17, 15) is 13.6 Å². The number of rotatable bonds is 3. The molecule has 1 aliphatic heterocycles. The number of nitrogens with zero attached hydrogens (tertiary/aromatic N) is 3. The van der Waals surface area contributed by atoms with Crippen LogP contribution in [0.15, 0.2) is 30.5 Å². The number of aromatic amines is 1. The Labute approximate surface area is 172 Å². The maximum atomic E-state index is 14.4. The van der Waals surface area contributed by atoms with Crippen molar-refractivity contribution < 1.29 is 13.6 Å². The van der Waals surface area contributed by atoms with E-state index in [4.69, 9.17) is 0 Å². The smallest absolute Gasteiger partial charge is 0.319 e. The Balaban J connectivity index is 1.65. The van der Waals surface area contributed by atoms with Gasteiger partial charge in [-0.15, -0.1) is 0 Å². The zero-order valence-corrected chi connectivity index (χ0v) is 17.1. The third-order valence-electron chi connectivity index (χ3n) is 4.98. The minimum absolute atomic E-state index is 0.315. The number of hydrogen-bond acceptors (Lipinski definition) is 4. The fraction of sp³-hybridized carbons (Fsp3) is 0.381. The van der Waals surface area contributed by atoms with Gasteiger partial charge in [-0.1, -0.05) is 0 Å². The Morgan fingerprint density at radius 1 is 1.27 bits per heavy atom. The van der Waals surface area contributed by atoms with Crippen LogP contribution in [-0.2, 0) is 0 Å². The fourth-order valence-corrected chi connectivity index (χ4v) is 3.79. The lowest BCUT2D eigenvalue weighted by Crippen LogP contribution is -2.43. The van der Waals surface area contributed by atoms with E-state index in [2.05, 4.69) is 25.8 Å². The van der Waals surface area contributed by atoms with E-state index in [1.165, 1.54) is 6.07 Å². The highest BCUT2D eigenvalue weighted by Gasteiger charge is 2.31. The van der Waals surface area contributed by atoms with Gasteiger partial charge in [-0.3, -0.25) is 5.10 Å². The average molecular weight is 414 g/mol. The average Bonchev–Trinajstić information content (AvgIpc) is 3.28. The van der Waals surface area contributed by atoms with Crippen LogP contribution in [0.4, 0.5) is 25.1 Å². The maximum Gasteiger partial charge on any atom is 0.319 e. The van der Waals surface area contributed by atoms with Gasteiger partial charge in [-0.05, 0) is 57.9 Å². The first-order valence-electron chi connectivity index (χ1n) is 9.86. The number of carbonyl (C=O) groups excluding carboxylic acids is 1. The number of aromatic nitrogens is 3. The fourth-order valence-electron chi connectivity index (χ4n) is 3.79. The summed E-state index contributed by atoms with van der Waals surface area (Å²) in [4.78, 5) is 18.5. The van der Waals surface area contributed by atoms with Crippen LogP contribution in [0.1, 0.15) is 45.2 Å². The molecule has 1 atom stereocenters. The van der Waals surface area contributed by atoms with Crippen molar-refractivity contribution in [2.24, 2.45) is 0 Å². The minimum atomic E-state index is -0.469. The van der Waals surface area contributed by atoms with Crippen molar-refractivity contribution in [3.63, 3.8) is 0 Å². The molecule has 1 aromatic carbocycles. The molecular formula is C21H24F2N6O. The van der Waals surface area contributed by atoms with Gasteiger partial charge in [-0.25, -0.2) is 18.6 Å². The molecule has 7 nitrogen and oxygen atoms in total. The maximum absolute atomic E-state index is 14.4. The van der Waals surface area contributed by atoms with Gasteiger partial charge in [-0.2, -0.15) is 5.10 Å². The Morgan fingerprint density at radius 3 is 2.83 bits per heavy atom. The highest BCUT2D eigenvalue weighted by molar-refractivity contribution is 5.95. The summed E-state index contributed by atoms with van der Waals surface area (Å²) in [7, 11) is 0. The molecule has 3 N–H and O–H groups in total. The van der Waals surface area contributed by atoms with E-state index >= 15 is 0 Å². The number of nitrogens with one attached hydrogen (secondary N) is 3. The molecule has 158 valence electrons. The minimum Gasteiger partial charge on any atom is -0.347 e. The van der Waals surface area contributed by atoms with Crippen LogP contribution in [0.2, 0.25) is 0 Å². The van der Waals surface area contributed by atoms with E-state index < -0.39 is 11.6 Å². The first-order valence-corrected chi connectivity index (χ1v) is 9.86. The lowest BCUT2D eigenvalue weighted by atomic mass is 10.0. The molecule has 0 unspecified atom stereocenters. The molecule has 2 aromatic heterocycles. The molecule has 9 heteroatoms. The number of benzene rings is 1. The lowest BCUT2D eigenvalue weighted by molar-refractivity contribution is 0.244. The molecule has 0 aliphatic carbocycles. The second-order valence-electron chi connectivity index (χ2n) is 8.51. The molecule has 0 radical (unpaired) electrons. The summed E-state index contributed by atoms with van der Waals surface area (Å²) >= 11 is 0. The molecule has 1 fully saturated rings. The molecular weight excluding hydrogens is 390 g/mol. The van der Waals surface area contributed by atoms with Crippen LogP contribution < -0.4 is 15.5 Å². The molecule has 1 saturated heterocycles. The van der Waals surface area contributed by atoms with E-state index in [1.807, 2.05) is 25.7 Å². The number of pyridine rings is 1. The van der Waals surface area contributed by atoms with Gasteiger partial charge in [0.2, 0.25) is 0 Å². The van der Waals surface area contributed by atoms with E-state index in [0.717, 1.165) is 18.6 Å². The topological polar surface area (TPSA) is 85.9 Å². The monoisotopic (exact) mass is 414 g/mol. The molecule has 30 heavy (non-hydrogen) atoms. The number of halogens is 2. The predicted octanol–water partition coefficient (Wildman–Crippen LogP) is 4.50. The Morgan fingerprint density at radius 2 is 2.07 bits per heavy atom. The lowest BCUT2D eigenvalue weighted by Gasteiger charge is -2.25. The third kappa shape index (κ3) is 4.05. The first kappa shape index (κ1) is 20.1. The Kier molecular flexibility index (Phi) is 5.05. The van der Waals surface area contributed by atoms with Gasteiger partial charge in [0, 0.05) is 17.6 Å². The largest absolute Gasteiger partial charge is 0.347 e. The molecule has 3 heterocycles. The summed E-state index contributed by atoms with van der Waals surface area (Å²) in [5, 5.41) is 13.6. The summed E-state index contributed by atoms with van der Waals surface area (Å²) < 4.78 is 28.2. The molecule has 0 spiro atoms. The predicted molar refractivity (Wildman–Crippen MR) is 111 cm³/mol. The van der Waals surface area contributed by atoms with Crippen molar-refractivity contribution in [1.29, 1.82) is 0 Å². The van der Waals surface area contributed by atoms with Gasteiger partial charge in [0.15, 0.2) is 11.5 Å². The van der Waals surface area contributed by atoms with Crippen molar-refractivity contribution in [1.82, 2.24) is 20.5 Å². The number of hydrogen-bond donors (Lipinski definition) is 3. The summed E-state index contributed by atoms with van der Waals surface area (Å²) in [6.07, 6.45) is 3.06. The molecule has 0 bridgehead atoms. The SMILES string of the molecule is CC(C)(C)NC(=O)Nc1cnc2[nH]nc(N3CCC[C@@H]3c3cc(F)ccc3F)c2c1. The number of urea groups is 1. The summed E-state index contributed by atoms with van der Waals surface area (Å²) in [6, 6.07) is 4.63. The van der Waals surface area contributed by atoms with Gasteiger partial charge < -0.3 is 15.5 Å². The number of fused-ring (bicyclic) bond motifs is 1. The van der Waals surface area contributed by atoms with E-state index in [1.54, 1.807) is 12.3 Å². The van der Waals surface area contributed by atoms with Gasteiger partial charge in [0.25, 0.3) is 0 Å². The van der Waals surface area contributed by atoms with Crippen molar-refractivity contribution >= 4 is 28.6 Å². The second kappa shape index (κ2) is 7.55. The quantitative estimate of drug-likeness (QED) is 0.589. The molecule has 4 rings (SSSR count). The van der Waals surface area contributed by atoms with Crippen LogP contribution in [0, 0.1) is 11.6 Å². The van der Waals surface area contributed by atoms with E-state index in [0.29, 0.717) is 41.1 Å². The number of amides is 2. The van der Waals surface area contributed by atoms with Crippen molar-refractivity contribution in [2.75, 3.05) is 16.8 Å². The van der Waals surface area contributed by atoms with Crippen LogP contribution in [0.25, 0.3) is 11.0 Å². The van der Waals surface area contributed by atoms with Crippen molar-refractivity contribution in [2.45, 2.75) is 45.2 Å². The highest BCUT2D eigenvalue weighted by atomic mass is 19.1. The van der Waals surface area contributed by atoms with Crippen molar-refractivity contribution in [3.05, 3.63) is 47.7 Å². The summed E-state index contributed by atoms with van der Waals surface area (Å²) in [6.45, 7) is 6.33. The zero-order valence-electron chi connectivity index (χ0n) is 17.1. The second-order valence-corrected chi connectivity index (χ2v) is 8.51. The summed E-state index contributed by atoms with van der Waals surface area (Å²) in [5.41, 5.74) is 1.01. The van der Waals surface area contributed by atoms with E-state index in [-0.39, 0.29) is 17.6 Å². The van der Waals surface area contributed by atoms with Crippen LogP contribution in [0.3, 0.4) is 0 Å². The number of H-pyrrole nitrogens is 1. The highest BCUT2D eigenvalue weighted by Crippen LogP contribution is 2.39. The Bertz CT molecular complexity index is 1090. The Hall–Kier alpha value is -3.23. The molecule has 2 amide bonds. The first-order chi connectivity index (χ1) is 14.2. The number of carbonyl (C=O) groups is 1. The molecule has 0 saturated carbocycles. The molecule has 3 aromatic rings. The van der Waals surface area contributed by atoms with Crippen LogP contribution >= 0.6 is 0 Å². The van der Waals surface area contributed by atoms with Crippen LogP contribution in [0.5, 0.6) is 0 Å². The standard InChI is InChI=1S/C21H24F2N6O/c1-21(2,3)26-20(30)25-13-10-15-18(24-11-13)27-28-19(15)29-8-4-5-17(29)14-9-12(22)6-7-16(14)23/h6-7,9-11,17H,4-5,8H2,1-3H3,(H,24,27,28)(H2,25,26,30)/t17-/m1/s1.